The molecule has 1 aliphatic heterocycles. The molecule has 1 aliphatic rings. The fraction of sp³-hybridized carbons (Fsp3) is 0.318. The van der Waals surface area contributed by atoms with Crippen LogP contribution in [0.4, 0.5) is 30.5 Å². The number of anilines is 3. The standard InChI is InChI=1S/C22H23F3N8O2/c1-12-11-33(9-6-13(12)26)15-4-2-8-29-20(15)32-21(34)18-19(27)30-10-14(31-18)17-16(5-3-7-28-17)35-22(23,24)25/h2-5,7-8,10,12-13H,6,9,11,26H2,1H3,(H2,27,30)(H,29,32,34)/t12-,13+/m0/s1. The van der Waals surface area contributed by atoms with Gasteiger partial charge in [0.1, 0.15) is 11.4 Å². The van der Waals surface area contributed by atoms with Crippen LogP contribution in [0.25, 0.3) is 11.4 Å². The number of nitrogens with zero attached hydrogens (tertiary/aromatic N) is 5. The molecule has 0 bridgehead atoms. The molecule has 1 saturated heterocycles. The first-order valence-electron chi connectivity index (χ1n) is 10.7. The highest BCUT2D eigenvalue weighted by atomic mass is 19.4. The number of ether oxygens (including phenoxy) is 1. The van der Waals surface area contributed by atoms with Gasteiger partial charge in [0.15, 0.2) is 23.1 Å². The van der Waals surface area contributed by atoms with Crippen LogP contribution in [0.2, 0.25) is 0 Å². The summed E-state index contributed by atoms with van der Waals surface area (Å²) >= 11 is 0. The molecule has 0 saturated carbocycles. The number of pyridine rings is 2. The van der Waals surface area contributed by atoms with Gasteiger partial charge < -0.3 is 26.4 Å². The van der Waals surface area contributed by atoms with Gasteiger partial charge in [0.25, 0.3) is 5.91 Å². The highest BCUT2D eigenvalue weighted by Crippen LogP contribution is 2.32. The molecule has 0 spiro atoms. The van der Waals surface area contributed by atoms with Crippen molar-refractivity contribution in [3.63, 3.8) is 0 Å². The van der Waals surface area contributed by atoms with E-state index >= 15 is 0 Å². The van der Waals surface area contributed by atoms with Crippen molar-refractivity contribution >= 4 is 23.2 Å². The molecule has 4 rings (SSSR count). The highest BCUT2D eigenvalue weighted by molar-refractivity contribution is 6.06. The predicted octanol–water partition coefficient (Wildman–Crippen LogP) is 2.84. The number of hydrogen-bond donors (Lipinski definition) is 3. The molecule has 10 nitrogen and oxygen atoms in total. The molecule has 0 radical (unpaired) electrons. The van der Waals surface area contributed by atoms with Gasteiger partial charge in [-0.05, 0) is 36.6 Å². The van der Waals surface area contributed by atoms with Gasteiger partial charge in [-0.15, -0.1) is 13.2 Å². The first-order valence-corrected chi connectivity index (χ1v) is 10.7. The van der Waals surface area contributed by atoms with E-state index in [0.29, 0.717) is 18.8 Å². The fourth-order valence-corrected chi connectivity index (χ4v) is 3.77. The van der Waals surface area contributed by atoms with E-state index in [0.717, 1.165) is 18.7 Å². The molecule has 1 amide bonds. The summed E-state index contributed by atoms with van der Waals surface area (Å²) in [6.07, 6.45) is -0.247. The number of nitrogens with one attached hydrogen (secondary N) is 1. The second-order valence-corrected chi connectivity index (χ2v) is 8.09. The zero-order valence-electron chi connectivity index (χ0n) is 18.7. The Balaban J connectivity index is 1.62. The number of piperidine rings is 1. The third-order valence-electron chi connectivity index (χ3n) is 5.59. The average molecular weight is 488 g/mol. The summed E-state index contributed by atoms with van der Waals surface area (Å²) in [6, 6.07) is 6.03. The van der Waals surface area contributed by atoms with E-state index in [2.05, 4.69) is 41.8 Å². The summed E-state index contributed by atoms with van der Waals surface area (Å²) in [5, 5.41) is 2.69. The molecule has 1 fully saturated rings. The zero-order chi connectivity index (χ0) is 25.2. The average Bonchev–Trinajstić information content (AvgIpc) is 2.81. The summed E-state index contributed by atoms with van der Waals surface area (Å²) in [6.45, 7) is 3.44. The minimum absolute atomic E-state index is 0.0941. The zero-order valence-corrected chi connectivity index (χ0v) is 18.7. The molecule has 13 heteroatoms. The topological polar surface area (TPSA) is 145 Å². The van der Waals surface area contributed by atoms with Gasteiger partial charge in [0.05, 0.1) is 11.9 Å². The van der Waals surface area contributed by atoms with Crippen LogP contribution >= 0.6 is 0 Å². The molecular weight excluding hydrogens is 465 g/mol. The summed E-state index contributed by atoms with van der Waals surface area (Å²) < 4.78 is 42.4. The number of rotatable bonds is 5. The van der Waals surface area contributed by atoms with Gasteiger partial charge in [-0.1, -0.05) is 6.92 Å². The lowest BCUT2D eigenvalue weighted by molar-refractivity contribution is -0.274. The van der Waals surface area contributed by atoms with Crippen molar-refractivity contribution < 1.29 is 22.7 Å². The third-order valence-corrected chi connectivity index (χ3v) is 5.59. The molecule has 0 aliphatic carbocycles. The highest BCUT2D eigenvalue weighted by Gasteiger charge is 2.33. The molecule has 0 aromatic carbocycles. The van der Waals surface area contributed by atoms with Crippen molar-refractivity contribution in [1.29, 1.82) is 0 Å². The number of halogens is 3. The van der Waals surface area contributed by atoms with Gasteiger partial charge >= 0.3 is 6.36 Å². The van der Waals surface area contributed by atoms with Crippen molar-refractivity contribution in [3.05, 3.63) is 48.5 Å². The maximum Gasteiger partial charge on any atom is 0.573 e. The molecule has 2 atom stereocenters. The van der Waals surface area contributed by atoms with Gasteiger partial charge in [-0.3, -0.25) is 9.78 Å². The Labute approximate surface area is 198 Å². The molecule has 184 valence electrons. The van der Waals surface area contributed by atoms with Crippen molar-refractivity contribution in [2.24, 2.45) is 11.7 Å². The third kappa shape index (κ3) is 5.57. The summed E-state index contributed by atoms with van der Waals surface area (Å²) in [5.41, 5.74) is 12.0. The van der Waals surface area contributed by atoms with Crippen LogP contribution in [0, 0.1) is 5.92 Å². The van der Waals surface area contributed by atoms with Gasteiger partial charge in [0.2, 0.25) is 0 Å². The van der Waals surface area contributed by atoms with E-state index in [-0.39, 0.29) is 40.7 Å². The Kier molecular flexibility index (Phi) is 6.69. The number of aromatic nitrogens is 4. The van der Waals surface area contributed by atoms with Crippen LogP contribution < -0.4 is 26.4 Å². The monoisotopic (exact) mass is 488 g/mol. The minimum atomic E-state index is -4.94. The van der Waals surface area contributed by atoms with Crippen LogP contribution in [-0.4, -0.2) is 51.3 Å². The number of nitrogens with two attached hydrogens (primary N) is 2. The predicted molar refractivity (Wildman–Crippen MR) is 123 cm³/mol. The van der Waals surface area contributed by atoms with Gasteiger partial charge in [0, 0.05) is 31.5 Å². The van der Waals surface area contributed by atoms with E-state index in [1.54, 1.807) is 6.07 Å². The Bertz CT molecular complexity index is 1220. The quantitative estimate of drug-likeness (QED) is 0.493. The van der Waals surface area contributed by atoms with E-state index in [1.807, 2.05) is 6.07 Å². The lowest BCUT2D eigenvalue weighted by atomic mass is 9.94. The Morgan fingerprint density at radius 1 is 1.20 bits per heavy atom. The SMILES string of the molecule is C[C@H]1CN(c2cccnc2NC(=O)c2nc(-c3ncccc3OC(F)(F)F)cnc2N)CC[C@H]1N. The molecule has 35 heavy (non-hydrogen) atoms. The maximum atomic E-state index is 13.1. The van der Waals surface area contributed by atoms with Crippen LogP contribution in [0.15, 0.2) is 42.9 Å². The number of alkyl halides is 3. The second-order valence-electron chi connectivity index (χ2n) is 8.09. The van der Waals surface area contributed by atoms with Crippen LogP contribution in [0.1, 0.15) is 23.8 Å². The summed E-state index contributed by atoms with van der Waals surface area (Å²) in [5.74, 6) is -0.999. The maximum absolute atomic E-state index is 13.1. The summed E-state index contributed by atoms with van der Waals surface area (Å²) in [7, 11) is 0. The van der Waals surface area contributed by atoms with E-state index < -0.39 is 18.0 Å². The number of carbonyl (C=O) groups is 1. The smallest absolute Gasteiger partial charge is 0.403 e. The first kappa shape index (κ1) is 24.1. The lowest BCUT2D eigenvalue weighted by Gasteiger charge is -2.37. The van der Waals surface area contributed by atoms with E-state index in [4.69, 9.17) is 11.5 Å². The molecule has 5 N–H and O–H groups in total. The first-order chi connectivity index (χ1) is 16.6. The van der Waals surface area contributed by atoms with Gasteiger partial charge in [-0.25, -0.2) is 15.0 Å². The molecule has 4 heterocycles. The van der Waals surface area contributed by atoms with Crippen LogP contribution in [0.3, 0.4) is 0 Å². The van der Waals surface area contributed by atoms with Crippen molar-refractivity contribution in [2.75, 3.05) is 29.0 Å². The van der Waals surface area contributed by atoms with Crippen molar-refractivity contribution in [2.45, 2.75) is 25.7 Å². The Morgan fingerprint density at radius 3 is 2.69 bits per heavy atom. The second kappa shape index (κ2) is 9.70. The molecule has 3 aromatic heterocycles. The molecular formula is C22H23F3N8O2. The summed E-state index contributed by atoms with van der Waals surface area (Å²) in [4.78, 5) is 31.4. The van der Waals surface area contributed by atoms with E-state index in [1.165, 1.54) is 18.5 Å². The van der Waals surface area contributed by atoms with E-state index in [9.17, 15) is 18.0 Å². The van der Waals surface area contributed by atoms with Gasteiger partial charge in [-0.2, -0.15) is 0 Å². The Hall–Kier alpha value is -4.00. The van der Waals surface area contributed by atoms with Crippen LogP contribution in [0.5, 0.6) is 5.75 Å². The Morgan fingerprint density at radius 2 is 1.94 bits per heavy atom. The fourth-order valence-electron chi connectivity index (χ4n) is 3.77. The number of hydrogen-bond acceptors (Lipinski definition) is 9. The van der Waals surface area contributed by atoms with Crippen molar-refractivity contribution in [3.8, 4) is 17.1 Å². The lowest BCUT2D eigenvalue weighted by Crippen LogP contribution is -2.46. The number of carbonyl (C=O) groups excluding carboxylic acids is 1. The normalized spacial score (nSPS) is 18.3. The number of amides is 1. The van der Waals surface area contributed by atoms with Crippen LogP contribution in [-0.2, 0) is 0 Å². The largest absolute Gasteiger partial charge is 0.573 e. The van der Waals surface area contributed by atoms with Crippen molar-refractivity contribution in [1.82, 2.24) is 19.9 Å². The number of nitrogen functional groups attached to an aromatic ring is 1. The molecule has 0 unspecified atom stereocenters. The molecule has 3 aromatic rings. The minimum Gasteiger partial charge on any atom is -0.403 e.